The van der Waals surface area contributed by atoms with Gasteiger partial charge in [-0.15, -0.1) is 0 Å². The first-order valence-electron chi connectivity index (χ1n) is 8.70. The number of fused-ring (bicyclic) bond motifs is 4. The highest BCUT2D eigenvalue weighted by molar-refractivity contribution is 6.06. The van der Waals surface area contributed by atoms with Crippen molar-refractivity contribution in [2.45, 2.75) is 26.3 Å². The van der Waals surface area contributed by atoms with Crippen LogP contribution in [0.15, 0.2) is 42.5 Å². The van der Waals surface area contributed by atoms with Gasteiger partial charge in [0.1, 0.15) is 12.6 Å². The fraction of sp³-hybridized carbons (Fsp3) is 0.286. The minimum absolute atomic E-state index is 0.0705. The summed E-state index contributed by atoms with van der Waals surface area (Å²) in [6.07, 6.45) is 0.511. The molecule has 5 heteroatoms. The third-order valence-corrected chi connectivity index (χ3v) is 4.46. The van der Waals surface area contributed by atoms with Gasteiger partial charge in [0.2, 0.25) is 5.91 Å². The normalized spacial score (nSPS) is 12.2. The Morgan fingerprint density at radius 2 is 1.69 bits per heavy atom. The summed E-state index contributed by atoms with van der Waals surface area (Å²) < 4.78 is 0. The van der Waals surface area contributed by atoms with E-state index in [1.54, 1.807) is 6.07 Å². The highest BCUT2D eigenvalue weighted by Crippen LogP contribution is 2.46. The van der Waals surface area contributed by atoms with Crippen LogP contribution in [0.5, 0.6) is 0 Å². The molecule has 2 aromatic carbocycles. The molecule has 0 aromatic heterocycles. The molecular formula is C21H21N3O2. The Hall–Kier alpha value is -3.13. The molecule has 0 heterocycles. The average molecular weight is 347 g/mol. The quantitative estimate of drug-likeness (QED) is 0.672. The van der Waals surface area contributed by atoms with Gasteiger partial charge in [-0.1, -0.05) is 44.2 Å². The number of rotatable bonds is 6. The number of nitriles is 1. The van der Waals surface area contributed by atoms with Gasteiger partial charge in [0.15, 0.2) is 0 Å². The fourth-order valence-corrected chi connectivity index (χ4v) is 3.23. The Morgan fingerprint density at radius 1 is 1.04 bits per heavy atom. The standard InChI is InChI=1S/C21H21N3O2/c1-13(2)11-19(21(26)23-10-9-22)24-20(25)14-7-8-17-15-5-3-4-6-16(15)18(17)12-14/h3-8,12-13,19H,10-11H2,1-2H3,(H,23,26)(H,24,25)/t19-/m0/s1. The molecule has 0 bridgehead atoms. The molecular weight excluding hydrogens is 326 g/mol. The molecule has 26 heavy (non-hydrogen) atoms. The summed E-state index contributed by atoms with van der Waals surface area (Å²) in [4.78, 5) is 24.9. The van der Waals surface area contributed by atoms with Gasteiger partial charge in [0.05, 0.1) is 6.07 Å². The van der Waals surface area contributed by atoms with Crippen LogP contribution in [-0.4, -0.2) is 24.4 Å². The zero-order valence-electron chi connectivity index (χ0n) is 14.9. The molecule has 5 nitrogen and oxygen atoms in total. The highest BCUT2D eigenvalue weighted by Gasteiger charge is 2.25. The number of nitrogens with one attached hydrogen (secondary N) is 2. The molecule has 2 aromatic rings. The van der Waals surface area contributed by atoms with Gasteiger partial charge < -0.3 is 10.6 Å². The minimum atomic E-state index is -0.658. The second kappa shape index (κ2) is 7.40. The van der Waals surface area contributed by atoms with E-state index in [9.17, 15) is 9.59 Å². The van der Waals surface area contributed by atoms with E-state index in [1.165, 1.54) is 5.56 Å². The Morgan fingerprint density at radius 3 is 2.35 bits per heavy atom. The molecule has 132 valence electrons. The summed E-state index contributed by atoms with van der Waals surface area (Å²) in [5.41, 5.74) is 5.07. The zero-order chi connectivity index (χ0) is 18.7. The maximum atomic E-state index is 12.7. The summed E-state index contributed by atoms with van der Waals surface area (Å²) in [5, 5.41) is 14.0. The van der Waals surface area contributed by atoms with Gasteiger partial charge in [-0.2, -0.15) is 5.26 Å². The lowest BCUT2D eigenvalue weighted by Gasteiger charge is -2.25. The van der Waals surface area contributed by atoms with Gasteiger partial charge in [-0.3, -0.25) is 9.59 Å². The SMILES string of the molecule is CC(C)C[C@H](NC(=O)c1ccc2c(c1)-c1ccccc1-2)C(=O)NCC#N. The number of carbonyl (C=O) groups excluding carboxylic acids is 2. The molecule has 2 N–H and O–H groups in total. The molecule has 1 aliphatic rings. The van der Waals surface area contributed by atoms with E-state index in [0.29, 0.717) is 12.0 Å². The van der Waals surface area contributed by atoms with Crippen molar-refractivity contribution in [3.8, 4) is 28.3 Å². The summed E-state index contributed by atoms with van der Waals surface area (Å²) in [5.74, 6) is -0.380. The van der Waals surface area contributed by atoms with E-state index in [-0.39, 0.29) is 24.3 Å². The lowest BCUT2D eigenvalue weighted by atomic mass is 9.80. The van der Waals surface area contributed by atoms with Crippen LogP contribution in [0.25, 0.3) is 22.3 Å². The van der Waals surface area contributed by atoms with Crippen LogP contribution in [0.3, 0.4) is 0 Å². The molecule has 0 saturated heterocycles. The van der Waals surface area contributed by atoms with E-state index in [0.717, 1.165) is 16.7 Å². The van der Waals surface area contributed by atoms with Crippen LogP contribution in [0, 0.1) is 17.2 Å². The summed E-state index contributed by atoms with van der Waals surface area (Å²) in [6, 6.07) is 14.9. The Labute approximate surface area is 153 Å². The van der Waals surface area contributed by atoms with E-state index >= 15 is 0 Å². The lowest BCUT2D eigenvalue weighted by Crippen LogP contribution is -2.47. The molecule has 2 amide bonds. The number of nitrogens with zero attached hydrogens (tertiary/aromatic N) is 1. The maximum Gasteiger partial charge on any atom is 0.251 e. The fourth-order valence-electron chi connectivity index (χ4n) is 3.23. The summed E-state index contributed by atoms with van der Waals surface area (Å²) >= 11 is 0. The summed E-state index contributed by atoms with van der Waals surface area (Å²) in [7, 11) is 0. The van der Waals surface area contributed by atoms with Crippen molar-refractivity contribution >= 4 is 11.8 Å². The molecule has 0 fully saturated rings. The van der Waals surface area contributed by atoms with E-state index in [4.69, 9.17) is 5.26 Å². The highest BCUT2D eigenvalue weighted by atomic mass is 16.2. The van der Waals surface area contributed by atoms with Crippen LogP contribution < -0.4 is 10.6 Å². The van der Waals surface area contributed by atoms with Gasteiger partial charge in [0.25, 0.3) is 5.91 Å². The number of benzene rings is 2. The Kier molecular flexibility index (Phi) is 5.04. The predicted molar refractivity (Wildman–Crippen MR) is 100 cm³/mol. The topological polar surface area (TPSA) is 82.0 Å². The van der Waals surface area contributed by atoms with Crippen LogP contribution >= 0.6 is 0 Å². The zero-order valence-corrected chi connectivity index (χ0v) is 14.9. The van der Waals surface area contributed by atoms with Crippen LogP contribution in [0.2, 0.25) is 0 Å². The number of hydrogen-bond donors (Lipinski definition) is 2. The van der Waals surface area contributed by atoms with E-state index < -0.39 is 6.04 Å². The van der Waals surface area contributed by atoms with Crippen molar-refractivity contribution in [3.63, 3.8) is 0 Å². The molecule has 0 saturated carbocycles. The van der Waals surface area contributed by atoms with E-state index in [1.807, 2.05) is 50.2 Å². The second-order valence-electron chi connectivity index (χ2n) is 6.84. The van der Waals surface area contributed by atoms with Crippen LogP contribution in [-0.2, 0) is 4.79 Å². The second-order valence-corrected chi connectivity index (χ2v) is 6.84. The minimum Gasteiger partial charge on any atom is -0.341 e. The first-order chi connectivity index (χ1) is 12.5. The third-order valence-electron chi connectivity index (χ3n) is 4.46. The molecule has 0 radical (unpaired) electrons. The largest absolute Gasteiger partial charge is 0.341 e. The maximum absolute atomic E-state index is 12.7. The van der Waals surface area contributed by atoms with Crippen molar-refractivity contribution < 1.29 is 9.59 Å². The number of carbonyl (C=O) groups is 2. The van der Waals surface area contributed by atoms with Crippen molar-refractivity contribution in [1.29, 1.82) is 5.26 Å². The molecule has 0 spiro atoms. The average Bonchev–Trinajstić information content (AvgIpc) is 2.62. The Bertz CT molecular complexity index is 896. The monoisotopic (exact) mass is 347 g/mol. The Balaban J connectivity index is 1.75. The van der Waals surface area contributed by atoms with Gasteiger partial charge in [0, 0.05) is 5.56 Å². The smallest absolute Gasteiger partial charge is 0.251 e. The van der Waals surface area contributed by atoms with Crippen molar-refractivity contribution in [2.24, 2.45) is 5.92 Å². The van der Waals surface area contributed by atoms with Gasteiger partial charge in [-0.05, 0) is 46.7 Å². The van der Waals surface area contributed by atoms with Gasteiger partial charge in [-0.25, -0.2) is 0 Å². The summed E-state index contributed by atoms with van der Waals surface area (Å²) in [6.45, 7) is 3.90. The number of hydrogen-bond acceptors (Lipinski definition) is 3. The van der Waals surface area contributed by atoms with Gasteiger partial charge >= 0.3 is 0 Å². The first kappa shape index (κ1) is 17.7. The molecule has 0 aliphatic heterocycles. The molecule has 1 aliphatic carbocycles. The third kappa shape index (κ3) is 3.45. The predicted octanol–water partition coefficient (Wildman–Crippen LogP) is 3.12. The first-order valence-corrected chi connectivity index (χ1v) is 8.70. The molecule has 0 unspecified atom stereocenters. The van der Waals surface area contributed by atoms with Crippen molar-refractivity contribution in [1.82, 2.24) is 10.6 Å². The van der Waals surface area contributed by atoms with Crippen LogP contribution in [0.4, 0.5) is 0 Å². The van der Waals surface area contributed by atoms with Crippen LogP contribution in [0.1, 0.15) is 30.6 Å². The number of amides is 2. The van der Waals surface area contributed by atoms with E-state index in [2.05, 4.69) is 16.7 Å². The molecule has 1 atom stereocenters. The van der Waals surface area contributed by atoms with Crippen molar-refractivity contribution in [3.05, 3.63) is 48.0 Å². The van der Waals surface area contributed by atoms with Crippen molar-refractivity contribution in [2.75, 3.05) is 6.54 Å². The lowest BCUT2D eigenvalue weighted by molar-refractivity contribution is -0.123. The molecule has 3 rings (SSSR count).